The largest absolute Gasteiger partial charge is 0.697 e. The van der Waals surface area contributed by atoms with E-state index in [1.54, 1.807) is 13.8 Å². The highest BCUT2D eigenvalue weighted by atomic mass is 31.1. The number of carbonyl (C=O) groups is 1. The maximum atomic E-state index is 10.3. The second-order valence-corrected chi connectivity index (χ2v) is 2.72. The van der Waals surface area contributed by atoms with E-state index in [1.807, 2.05) is 0 Å². The molecule has 78 valence electrons. The molecule has 0 aliphatic heterocycles. The highest BCUT2D eigenvalue weighted by Crippen LogP contribution is 2.21. The zero-order valence-electron chi connectivity index (χ0n) is 8.40. The zero-order valence-corrected chi connectivity index (χ0v) is 9.30. The maximum Gasteiger partial charge on any atom is 0.697 e. The van der Waals surface area contributed by atoms with Gasteiger partial charge in [-0.1, -0.05) is 0 Å². The molecule has 0 atom stereocenters. The third kappa shape index (κ3) is 18.4. The van der Waals surface area contributed by atoms with Crippen LogP contribution in [0.3, 0.4) is 0 Å². The Morgan fingerprint density at radius 3 is 1.69 bits per heavy atom. The van der Waals surface area contributed by atoms with Crippen molar-refractivity contribution in [2.24, 2.45) is 0 Å². The standard InChI is InChI=1S/C4H10O3P.C3H6O2/c1-3-6-8(5)7-4-2;1-3(4)5-2/h3-4H2,1-2H3;1-2H3/q+1;. The van der Waals surface area contributed by atoms with E-state index in [4.69, 9.17) is 0 Å². The van der Waals surface area contributed by atoms with Crippen LogP contribution in [0.5, 0.6) is 0 Å². The van der Waals surface area contributed by atoms with Gasteiger partial charge in [0.25, 0.3) is 0 Å². The van der Waals surface area contributed by atoms with Gasteiger partial charge in [0.05, 0.1) is 7.11 Å². The first kappa shape index (κ1) is 15.0. The average Bonchev–Trinajstić information content (AvgIpc) is 2.06. The lowest BCUT2D eigenvalue weighted by molar-refractivity contribution is -0.137. The summed E-state index contributed by atoms with van der Waals surface area (Å²) in [6.07, 6.45) is 0. The molecule has 6 heteroatoms. The third-order valence-electron chi connectivity index (χ3n) is 0.756. The van der Waals surface area contributed by atoms with Crippen LogP contribution in [-0.2, 0) is 23.1 Å². The molecule has 0 saturated heterocycles. The molecule has 0 bridgehead atoms. The highest BCUT2D eigenvalue weighted by molar-refractivity contribution is 7.33. The van der Waals surface area contributed by atoms with Crippen LogP contribution >= 0.6 is 8.25 Å². The predicted molar refractivity (Wildman–Crippen MR) is 48.5 cm³/mol. The summed E-state index contributed by atoms with van der Waals surface area (Å²) in [5.41, 5.74) is 0. The lowest BCUT2D eigenvalue weighted by atomic mass is 10.8. The Labute approximate surface area is 79.3 Å². The maximum absolute atomic E-state index is 10.3. The minimum Gasteiger partial charge on any atom is -0.469 e. The molecular formula is C7H16O5P+. The topological polar surface area (TPSA) is 61.8 Å². The first-order valence-corrected chi connectivity index (χ1v) is 4.95. The van der Waals surface area contributed by atoms with Gasteiger partial charge in [0, 0.05) is 11.5 Å². The number of hydrogen-bond donors (Lipinski definition) is 0. The van der Waals surface area contributed by atoms with Crippen LogP contribution in [0.25, 0.3) is 0 Å². The van der Waals surface area contributed by atoms with Gasteiger partial charge in [0.2, 0.25) is 0 Å². The Bertz CT molecular complexity index is 140. The summed E-state index contributed by atoms with van der Waals surface area (Å²) in [7, 11) is -0.481. The first-order chi connectivity index (χ1) is 6.08. The summed E-state index contributed by atoms with van der Waals surface area (Å²) >= 11 is 0. The van der Waals surface area contributed by atoms with Crippen LogP contribution in [0, 0.1) is 0 Å². The van der Waals surface area contributed by atoms with E-state index in [1.165, 1.54) is 14.0 Å². The summed E-state index contributed by atoms with van der Waals surface area (Å²) in [5, 5.41) is 0. The summed E-state index contributed by atoms with van der Waals surface area (Å²) < 4.78 is 23.6. The average molecular weight is 211 g/mol. The molecule has 13 heavy (non-hydrogen) atoms. The van der Waals surface area contributed by atoms with Crippen molar-refractivity contribution in [3.8, 4) is 0 Å². The Balaban J connectivity index is 0. The van der Waals surface area contributed by atoms with Crippen molar-refractivity contribution in [3.63, 3.8) is 0 Å². The molecule has 0 fully saturated rings. The monoisotopic (exact) mass is 211 g/mol. The number of hydrogen-bond acceptors (Lipinski definition) is 5. The third-order valence-corrected chi connectivity index (χ3v) is 1.69. The molecule has 0 N–H and O–H groups in total. The van der Waals surface area contributed by atoms with Gasteiger partial charge in [-0.2, -0.15) is 0 Å². The number of esters is 1. The molecule has 0 aromatic rings. The summed E-state index contributed by atoms with van der Waals surface area (Å²) in [5.74, 6) is -0.245. The van der Waals surface area contributed by atoms with Gasteiger partial charge in [-0.05, 0) is 13.8 Å². The van der Waals surface area contributed by atoms with Gasteiger partial charge in [-0.3, -0.25) is 4.79 Å². The van der Waals surface area contributed by atoms with Crippen LogP contribution in [-0.4, -0.2) is 26.3 Å². The van der Waals surface area contributed by atoms with Crippen molar-refractivity contribution < 1.29 is 23.1 Å². The summed E-state index contributed by atoms with van der Waals surface area (Å²) in [6.45, 7) is 5.78. The molecule has 0 spiro atoms. The van der Waals surface area contributed by atoms with Crippen molar-refractivity contribution >= 4 is 14.2 Å². The van der Waals surface area contributed by atoms with Crippen molar-refractivity contribution in [1.82, 2.24) is 0 Å². The fraction of sp³-hybridized carbons (Fsp3) is 0.857. The molecule has 0 aliphatic carbocycles. The van der Waals surface area contributed by atoms with E-state index in [0.29, 0.717) is 13.2 Å². The van der Waals surface area contributed by atoms with Crippen LogP contribution in [0.1, 0.15) is 20.8 Å². The molecule has 5 nitrogen and oxygen atoms in total. The Kier molecular flexibility index (Phi) is 13.2. The van der Waals surface area contributed by atoms with Crippen molar-refractivity contribution in [3.05, 3.63) is 0 Å². The fourth-order valence-electron chi connectivity index (χ4n) is 0.248. The van der Waals surface area contributed by atoms with E-state index in [2.05, 4.69) is 13.8 Å². The molecule has 0 saturated carbocycles. The minimum absolute atomic E-state index is 0.245. The molecule has 0 aromatic carbocycles. The number of methoxy groups -OCH3 is 1. The zero-order chi connectivity index (χ0) is 10.7. The smallest absolute Gasteiger partial charge is 0.469 e. The summed E-state index contributed by atoms with van der Waals surface area (Å²) in [4.78, 5) is 9.59. The molecular weight excluding hydrogens is 195 g/mol. The van der Waals surface area contributed by atoms with Crippen molar-refractivity contribution in [2.45, 2.75) is 20.8 Å². The van der Waals surface area contributed by atoms with Gasteiger partial charge >= 0.3 is 14.2 Å². The Hall–Kier alpha value is -0.510. The van der Waals surface area contributed by atoms with Crippen LogP contribution in [0.15, 0.2) is 0 Å². The van der Waals surface area contributed by atoms with E-state index in [-0.39, 0.29) is 5.97 Å². The van der Waals surface area contributed by atoms with Gasteiger partial charge in [0.1, 0.15) is 13.2 Å². The van der Waals surface area contributed by atoms with Gasteiger partial charge < -0.3 is 4.74 Å². The number of ether oxygens (including phenoxy) is 1. The first-order valence-electron chi connectivity index (χ1n) is 3.86. The van der Waals surface area contributed by atoms with Crippen LogP contribution in [0.4, 0.5) is 0 Å². The van der Waals surface area contributed by atoms with E-state index < -0.39 is 8.25 Å². The Morgan fingerprint density at radius 1 is 1.23 bits per heavy atom. The van der Waals surface area contributed by atoms with E-state index in [0.717, 1.165) is 0 Å². The lowest BCUT2D eigenvalue weighted by Crippen LogP contribution is -1.88. The second-order valence-electron chi connectivity index (χ2n) is 1.75. The molecule has 0 rings (SSSR count). The Morgan fingerprint density at radius 2 is 1.54 bits per heavy atom. The van der Waals surface area contributed by atoms with Crippen molar-refractivity contribution in [2.75, 3.05) is 20.3 Å². The van der Waals surface area contributed by atoms with Gasteiger partial charge in [-0.15, -0.1) is 9.05 Å². The minimum atomic E-state index is -1.83. The molecule has 0 aliphatic rings. The number of carbonyl (C=O) groups excluding carboxylic acids is 1. The SMILES string of the molecule is CCO[P+](=O)OCC.COC(C)=O. The van der Waals surface area contributed by atoms with E-state index in [9.17, 15) is 9.36 Å². The van der Waals surface area contributed by atoms with Gasteiger partial charge in [-0.25, -0.2) is 0 Å². The summed E-state index contributed by atoms with van der Waals surface area (Å²) in [6, 6.07) is 0. The van der Waals surface area contributed by atoms with E-state index >= 15 is 0 Å². The second kappa shape index (κ2) is 11.5. The van der Waals surface area contributed by atoms with Crippen molar-refractivity contribution in [1.29, 1.82) is 0 Å². The quantitative estimate of drug-likeness (QED) is 0.525. The lowest BCUT2D eigenvalue weighted by Gasteiger charge is -1.80. The molecule has 0 heterocycles. The van der Waals surface area contributed by atoms with Crippen LogP contribution < -0.4 is 0 Å². The predicted octanol–water partition coefficient (Wildman–Crippen LogP) is 1.90. The fourth-order valence-corrected chi connectivity index (χ4v) is 0.744. The normalized spacial score (nSPS) is 8.31. The number of rotatable bonds is 4. The van der Waals surface area contributed by atoms with Gasteiger partial charge in [0.15, 0.2) is 0 Å². The molecule has 0 radical (unpaired) electrons. The van der Waals surface area contributed by atoms with Crippen LogP contribution in [0.2, 0.25) is 0 Å². The molecule has 0 amide bonds. The molecule has 0 aromatic heterocycles. The molecule has 0 unspecified atom stereocenters. The highest BCUT2D eigenvalue weighted by Gasteiger charge is 2.15.